The zero-order valence-electron chi connectivity index (χ0n) is 21.9. The fraction of sp³-hybridized carbons (Fsp3) is 0.480. The largest absolute Gasteiger partial charge is 0.462 e. The second kappa shape index (κ2) is 11.6. The summed E-state index contributed by atoms with van der Waals surface area (Å²) in [6.45, 7) is 8.78. The zero-order chi connectivity index (χ0) is 27.6. The molecule has 6 atom stereocenters. The number of aromatic nitrogens is 3. The van der Waals surface area contributed by atoms with Crippen molar-refractivity contribution in [2.45, 2.75) is 71.6 Å². The van der Waals surface area contributed by atoms with Crippen LogP contribution in [0.4, 0.5) is 5.82 Å². The topological polar surface area (TPSA) is 140 Å². The minimum absolute atomic E-state index is 0.0783. The summed E-state index contributed by atoms with van der Waals surface area (Å²) in [5.74, 6) is 0.0261. The maximum Gasteiger partial charge on any atom is 0.459 e. The molecule has 1 saturated heterocycles. The van der Waals surface area contributed by atoms with Gasteiger partial charge in [0.25, 0.3) is 0 Å². The van der Waals surface area contributed by atoms with Gasteiger partial charge in [-0.1, -0.05) is 30.7 Å². The Morgan fingerprint density at radius 3 is 2.68 bits per heavy atom. The number of carbonyl (C=O) groups is 1. The highest BCUT2D eigenvalue weighted by molar-refractivity contribution is 7.52. The number of nitrogens with zero attached hydrogens (tertiary/aromatic N) is 3. The highest BCUT2D eigenvalue weighted by Gasteiger charge is 2.42. The van der Waals surface area contributed by atoms with Crippen LogP contribution in [0.3, 0.4) is 0 Å². The highest BCUT2D eigenvalue weighted by Crippen LogP contribution is 2.50. The van der Waals surface area contributed by atoms with Crippen molar-refractivity contribution >= 4 is 42.2 Å². The molecule has 0 amide bonds. The van der Waals surface area contributed by atoms with Gasteiger partial charge in [0.1, 0.15) is 35.8 Å². The van der Waals surface area contributed by atoms with Gasteiger partial charge in [0.2, 0.25) is 0 Å². The molecular weight excluding hydrogens is 533 g/mol. The predicted molar refractivity (Wildman–Crippen MR) is 144 cm³/mol. The Hall–Kier alpha value is -2.69. The fourth-order valence-electron chi connectivity index (χ4n) is 4.33. The molecule has 2 unspecified atom stereocenters. The van der Waals surface area contributed by atoms with Gasteiger partial charge in [0, 0.05) is 12.1 Å². The third kappa shape index (κ3) is 6.30. The maximum absolute atomic E-state index is 14.0. The molecule has 11 nitrogen and oxygen atoms in total. The summed E-state index contributed by atoms with van der Waals surface area (Å²) < 4.78 is 39.3. The lowest BCUT2D eigenvalue weighted by molar-refractivity contribution is -0.149. The Morgan fingerprint density at radius 1 is 1.24 bits per heavy atom. The van der Waals surface area contributed by atoms with Crippen LogP contribution < -0.4 is 15.3 Å². The molecular formula is C25H33ClN5O6P. The molecule has 3 heterocycles. The first-order chi connectivity index (χ1) is 18.0. The van der Waals surface area contributed by atoms with Crippen molar-refractivity contribution in [1.29, 1.82) is 0 Å². The van der Waals surface area contributed by atoms with E-state index in [9.17, 15) is 9.36 Å². The van der Waals surface area contributed by atoms with E-state index in [1.807, 2.05) is 16.8 Å². The summed E-state index contributed by atoms with van der Waals surface area (Å²) in [7, 11) is -4.13. The molecule has 38 heavy (non-hydrogen) atoms. The molecule has 0 saturated carbocycles. The molecule has 0 radical (unpaired) electrons. The first-order valence-electron chi connectivity index (χ1n) is 12.4. The van der Waals surface area contributed by atoms with Crippen LogP contribution in [0.1, 0.15) is 47.3 Å². The molecule has 0 spiro atoms. The van der Waals surface area contributed by atoms with Crippen molar-refractivity contribution in [2.24, 2.45) is 5.92 Å². The van der Waals surface area contributed by atoms with Crippen molar-refractivity contribution < 1.29 is 27.9 Å². The molecule has 3 aromatic rings. The van der Waals surface area contributed by atoms with E-state index in [1.165, 1.54) is 13.3 Å². The van der Waals surface area contributed by atoms with Crippen molar-refractivity contribution in [1.82, 2.24) is 19.6 Å². The number of benzene rings is 1. The van der Waals surface area contributed by atoms with Crippen molar-refractivity contribution in [3.8, 4) is 5.75 Å². The fourth-order valence-corrected chi connectivity index (χ4v) is 6.28. The molecule has 0 bridgehead atoms. The minimum Gasteiger partial charge on any atom is -0.462 e. The molecule has 1 aliphatic heterocycles. The number of nitrogen functional groups attached to an aromatic ring is 1. The summed E-state index contributed by atoms with van der Waals surface area (Å²) in [5.41, 5.74) is 6.65. The number of halogens is 1. The minimum atomic E-state index is -4.13. The van der Waals surface area contributed by atoms with Crippen LogP contribution in [-0.4, -0.2) is 44.9 Å². The number of carbonyl (C=O) groups excluding carboxylic acids is 1. The van der Waals surface area contributed by atoms with Gasteiger partial charge in [-0.25, -0.2) is 14.5 Å². The molecule has 1 aromatic carbocycles. The van der Waals surface area contributed by atoms with Gasteiger partial charge in [-0.3, -0.25) is 9.32 Å². The SMILES string of the molecule is CC(C)OC(=O)[C@H](C)NP(=O)(Oc1ccccc1Cl)OC(C)[C@@H]1C[C@H](C)[C@H](n2ccc3c(N)ncnc32)O1. The lowest BCUT2D eigenvalue weighted by Crippen LogP contribution is -2.38. The molecule has 2 aromatic heterocycles. The average molecular weight is 566 g/mol. The Bertz CT molecular complexity index is 1340. The van der Waals surface area contributed by atoms with Crippen molar-refractivity contribution in [3.05, 3.63) is 47.9 Å². The van der Waals surface area contributed by atoms with E-state index in [2.05, 4.69) is 22.0 Å². The van der Waals surface area contributed by atoms with Crippen molar-refractivity contribution in [3.63, 3.8) is 0 Å². The number of anilines is 1. The van der Waals surface area contributed by atoms with E-state index in [0.717, 1.165) is 5.39 Å². The van der Waals surface area contributed by atoms with Crippen molar-refractivity contribution in [2.75, 3.05) is 5.73 Å². The van der Waals surface area contributed by atoms with Crippen LogP contribution in [0.5, 0.6) is 5.75 Å². The van der Waals surface area contributed by atoms with Crippen LogP contribution in [0.15, 0.2) is 42.9 Å². The number of rotatable bonds is 10. The Labute approximate surface area is 226 Å². The highest BCUT2D eigenvalue weighted by atomic mass is 35.5. The van der Waals surface area contributed by atoms with Crippen LogP contribution in [0.2, 0.25) is 5.02 Å². The predicted octanol–water partition coefficient (Wildman–Crippen LogP) is 5.11. The number of nitrogens with two attached hydrogens (primary N) is 1. The van der Waals surface area contributed by atoms with Gasteiger partial charge in [-0.15, -0.1) is 0 Å². The number of fused-ring (bicyclic) bond motifs is 1. The summed E-state index contributed by atoms with van der Waals surface area (Å²) in [5, 5.41) is 3.68. The lowest BCUT2D eigenvalue weighted by Gasteiger charge is -2.28. The number of hydrogen-bond acceptors (Lipinski definition) is 9. The van der Waals surface area contributed by atoms with Crippen LogP contribution >= 0.6 is 19.3 Å². The van der Waals surface area contributed by atoms with Crippen LogP contribution in [0, 0.1) is 5.92 Å². The lowest BCUT2D eigenvalue weighted by atomic mass is 10.0. The second-order valence-corrected chi connectivity index (χ2v) is 11.7. The summed E-state index contributed by atoms with van der Waals surface area (Å²) >= 11 is 6.25. The third-order valence-electron chi connectivity index (χ3n) is 6.16. The maximum atomic E-state index is 14.0. The van der Waals surface area contributed by atoms with E-state index < -0.39 is 32.0 Å². The van der Waals surface area contributed by atoms with Gasteiger partial charge >= 0.3 is 13.7 Å². The van der Waals surface area contributed by atoms with E-state index in [-0.39, 0.29) is 29.0 Å². The smallest absolute Gasteiger partial charge is 0.459 e. The van der Waals surface area contributed by atoms with Gasteiger partial charge in [-0.05, 0) is 52.3 Å². The number of esters is 1. The Balaban J connectivity index is 1.53. The molecule has 1 aliphatic rings. The molecule has 4 rings (SSSR count). The number of ether oxygens (including phenoxy) is 2. The Morgan fingerprint density at radius 2 is 1.97 bits per heavy atom. The second-order valence-electron chi connectivity index (χ2n) is 9.66. The summed E-state index contributed by atoms with van der Waals surface area (Å²) in [6, 6.07) is 7.45. The third-order valence-corrected chi connectivity index (χ3v) is 8.22. The normalized spacial score (nSPS) is 22.8. The Kier molecular flexibility index (Phi) is 8.64. The van der Waals surface area contributed by atoms with Gasteiger partial charge in [0.15, 0.2) is 0 Å². The number of hydrogen-bond donors (Lipinski definition) is 2. The average Bonchev–Trinajstić information content (AvgIpc) is 3.44. The van der Waals surface area contributed by atoms with Crippen LogP contribution in [0.25, 0.3) is 11.0 Å². The standard InChI is InChI=1S/C25H33ClN5O6P/c1-14(2)34-25(32)16(4)30-38(33,37-20-9-7-6-8-19(20)26)36-17(5)21-12-15(3)24(35-21)31-11-10-18-22(27)28-13-29-23(18)31/h6-11,13-17,21,24H,12H2,1-5H3,(H,30,33)(H2,27,28,29)/t15-,16-,17?,21-,24+,38?/m0/s1. The first kappa shape index (κ1) is 28.3. The van der Waals surface area contributed by atoms with E-state index in [1.54, 1.807) is 45.0 Å². The summed E-state index contributed by atoms with van der Waals surface area (Å²) in [6.07, 6.45) is 2.08. The van der Waals surface area contributed by atoms with E-state index in [0.29, 0.717) is 17.9 Å². The van der Waals surface area contributed by atoms with Gasteiger partial charge in [-0.2, -0.15) is 5.09 Å². The van der Waals surface area contributed by atoms with E-state index in [4.69, 9.17) is 35.9 Å². The van der Waals surface area contributed by atoms with Crippen LogP contribution in [-0.2, 0) is 23.4 Å². The van der Waals surface area contributed by atoms with Gasteiger partial charge in [0.05, 0.1) is 28.7 Å². The quantitative estimate of drug-likeness (QED) is 0.251. The van der Waals surface area contributed by atoms with E-state index >= 15 is 0 Å². The van der Waals surface area contributed by atoms with Gasteiger partial charge < -0.3 is 24.3 Å². The molecule has 1 fully saturated rings. The molecule has 206 valence electrons. The molecule has 3 N–H and O–H groups in total. The number of para-hydroxylation sites is 1. The number of nitrogens with one attached hydrogen (secondary N) is 1. The summed E-state index contributed by atoms with van der Waals surface area (Å²) in [4.78, 5) is 20.9. The first-order valence-corrected chi connectivity index (χ1v) is 14.3. The zero-order valence-corrected chi connectivity index (χ0v) is 23.6. The molecule has 0 aliphatic carbocycles. The monoisotopic (exact) mass is 565 g/mol. The molecule has 13 heteroatoms.